The minimum Gasteiger partial charge on any atom is -0.459 e. The van der Waals surface area contributed by atoms with Crippen LogP contribution in [-0.4, -0.2) is 74.8 Å². The van der Waals surface area contributed by atoms with Gasteiger partial charge in [-0.15, -0.1) is 0 Å². The van der Waals surface area contributed by atoms with Crippen LogP contribution < -0.4 is 9.80 Å². The van der Waals surface area contributed by atoms with Crippen LogP contribution in [0.25, 0.3) is 11.7 Å². The van der Waals surface area contributed by atoms with E-state index in [4.69, 9.17) is 18.3 Å². The lowest BCUT2D eigenvalue weighted by Crippen LogP contribution is -2.50. The zero-order valence-electron chi connectivity index (χ0n) is 19.7. The summed E-state index contributed by atoms with van der Waals surface area (Å²) in [6, 6.07) is 11.8. The molecular weight excluding hydrogens is 470 g/mol. The molecule has 0 saturated carbocycles. The summed E-state index contributed by atoms with van der Waals surface area (Å²) in [6.07, 6.45) is 0.838. The maximum absolute atomic E-state index is 12.7. The smallest absolute Gasteiger partial charge is 0.413 e. The van der Waals surface area contributed by atoms with Gasteiger partial charge in [-0.25, -0.2) is 9.59 Å². The first-order chi connectivity index (χ1) is 17.4. The number of carbonyl (C=O) groups is 3. The summed E-state index contributed by atoms with van der Waals surface area (Å²) in [5.74, 6) is -0.174. The van der Waals surface area contributed by atoms with E-state index in [1.54, 1.807) is 35.2 Å². The number of rotatable bonds is 6. The van der Waals surface area contributed by atoms with E-state index in [1.807, 2.05) is 11.0 Å². The highest BCUT2D eigenvalue weighted by Crippen LogP contribution is 2.29. The summed E-state index contributed by atoms with van der Waals surface area (Å²) in [6.45, 7) is 1.00. The minimum absolute atomic E-state index is 0.129. The standard InChI is InChI=1S/C24H23N5O7/c1-27(24(32)33-2)18-7-4-3-6-16(18)23(31)35-15-20(30)28-9-11-29(12-10-28)22-17(14-25)26-21(36-22)19-8-5-13-34-19/h3-8,13H,9-12,15H2,1-2H3. The molecule has 0 spiro atoms. The Kier molecular flexibility index (Phi) is 7.20. The molecule has 12 heteroatoms. The molecular formula is C24H23N5O7. The van der Waals surface area contributed by atoms with Gasteiger partial charge in [-0.2, -0.15) is 10.2 Å². The van der Waals surface area contributed by atoms with Gasteiger partial charge in [0.15, 0.2) is 12.4 Å². The predicted molar refractivity (Wildman–Crippen MR) is 125 cm³/mol. The number of furan rings is 1. The van der Waals surface area contributed by atoms with Gasteiger partial charge in [-0.3, -0.25) is 9.69 Å². The zero-order chi connectivity index (χ0) is 25.7. The normalized spacial score (nSPS) is 13.1. The van der Waals surface area contributed by atoms with E-state index in [-0.39, 0.29) is 23.1 Å². The molecule has 0 atom stereocenters. The first-order valence-corrected chi connectivity index (χ1v) is 11.0. The van der Waals surface area contributed by atoms with E-state index >= 15 is 0 Å². The first kappa shape index (κ1) is 24.3. The van der Waals surface area contributed by atoms with Gasteiger partial charge in [0, 0.05) is 33.2 Å². The number of esters is 1. The Bertz CT molecular complexity index is 1290. The Hall–Kier alpha value is -4.79. The molecule has 1 aromatic carbocycles. The summed E-state index contributed by atoms with van der Waals surface area (Å²) >= 11 is 0. The number of methoxy groups -OCH3 is 1. The van der Waals surface area contributed by atoms with Crippen molar-refractivity contribution in [3.05, 3.63) is 53.9 Å². The number of piperazine rings is 1. The Morgan fingerprint density at radius 3 is 2.56 bits per heavy atom. The van der Waals surface area contributed by atoms with Crippen LogP contribution in [-0.2, 0) is 14.3 Å². The third kappa shape index (κ3) is 5.00. The lowest BCUT2D eigenvalue weighted by molar-refractivity contribution is -0.134. The number of oxazole rings is 1. The number of para-hydroxylation sites is 1. The second-order valence-electron chi connectivity index (χ2n) is 7.75. The van der Waals surface area contributed by atoms with Crippen LogP contribution in [0.5, 0.6) is 0 Å². The average Bonchev–Trinajstić information content (AvgIpc) is 3.61. The molecule has 0 N–H and O–H groups in total. The van der Waals surface area contributed by atoms with Crippen molar-refractivity contribution in [3.8, 4) is 17.7 Å². The molecule has 36 heavy (non-hydrogen) atoms. The Morgan fingerprint density at radius 1 is 1.14 bits per heavy atom. The van der Waals surface area contributed by atoms with Crippen molar-refractivity contribution in [3.63, 3.8) is 0 Å². The first-order valence-electron chi connectivity index (χ1n) is 11.0. The Balaban J connectivity index is 1.34. The maximum atomic E-state index is 12.7. The van der Waals surface area contributed by atoms with Gasteiger partial charge in [0.25, 0.3) is 11.8 Å². The van der Waals surface area contributed by atoms with E-state index in [9.17, 15) is 19.6 Å². The molecule has 2 aromatic heterocycles. The second-order valence-corrected chi connectivity index (χ2v) is 7.75. The Morgan fingerprint density at radius 2 is 1.89 bits per heavy atom. The molecule has 2 amide bonds. The van der Waals surface area contributed by atoms with E-state index in [2.05, 4.69) is 4.98 Å². The van der Waals surface area contributed by atoms with Crippen molar-refractivity contribution in [1.29, 1.82) is 5.26 Å². The van der Waals surface area contributed by atoms with E-state index in [0.717, 1.165) is 0 Å². The molecule has 186 valence electrons. The highest BCUT2D eigenvalue weighted by Gasteiger charge is 2.28. The van der Waals surface area contributed by atoms with Gasteiger partial charge in [0.1, 0.15) is 6.07 Å². The number of hydrogen-bond acceptors (Lipinski definition) is 10. The summed E-state index contributed by atoms with van der Waals surface area (Å²) in [7, 11) is 2.70. The van der Waals surface area contributed by atoms with Crippen LogP contribution in [0, 0.1) is 11.3 Å². The molecule has 1 aliphatic rings. The fourth-order valence-corrected chi connectivity index (χ4v) is 3.73. The maximum Gasteiger partial charge on any atom is 0.413 e. The van der Waals surface area contributed by atoms with Crippen molar-refractivity contribution in [2.75, 3.05) is 56.7 Å². The van der Waals surface area contributed by atoms with Crippen LogP contribution in [0.2, 0.25) is 0 Å². The van der Waals surface area contributed by atoms with Crippen LogP contribution >= 0.6 is 0 Å². The molecule has 4 rings (SSSR count). The van der Waals surface area contributed by atoms with Crippen LogP contribution in [0.4, 0.5) is 16.4 Å². The van der Waals surface area contributed by atoms with Crippen LogP contribution in [0.15, 0.2) is 51.5 Å². The van der Waals surface area contributed by atoms with Crippen molar-refractivity contribution in [1.82, 2.24) is 9.88 Å². The van der Waals surface area contributed by atoms with Crippen LogP contribution in [0.1, 0.15) is 16.1 Å². The van der Waals surface area contributed by atoms with Gasteiger partial charge < -0.3 is 28.1 Å². The number of ether oxygens (including phenoxy) is 2. The molecule has 1 aliphatic heterocycles. The summed E-state index contributed by atoms with van der Waals surface area (Å²) in [5, 5.41) is 9.44. The fraction of sp³-hybridized carbons (Fsp3) is 0.292. The molecule has 0 unspecified atom stereocenters. The number of amides is 2. The minimum atomic E-state index is -0.737. The van der Waals surface area contributed by atoms with Gasteiger partial charge in [0.05, 0.1) is 24.6 Å². The molecule has 0 bridgehead atoms. The number of hydrogen-bond donors (Lipinski definition) is 0. The predicted octanol–water partition coefficient (Wildman–Crippen LogP) is 2.51. The number of aromatic nitrogens is 1. The molecule has 1 saturated heterocycles. The monoisotopic (exact) mass is 493 g/mol. The quantitative estimate of drug-likeness (QED) is 0.470. The molecule has 12 nitrogen and oxygen atoms in total. The number of nitrogens with zero attached hydrogens (tertiary/aromatic N) is 5. The van der Waals surface area contributed by atoms with Crippen LogP contribution in [0.3, 0.4) is 0 Å². The van der Waals surface area contributed by atoms with E-state index in [0.29, 0.717) is 43.5 Å². The van der Waals surface area contributed by atoms with Gasteiger partial charge in [-0.05, 0) is 24.3 Å². The van der Waals surface area contributed by atoms with Gasteiger partial charge in [-0.1, -0.05) is 12.1 Å². The van der Waals surface area contributed by atoms with Crippen molar-refractivity contribution >= 4 is 29.5 Å². The highest BCUT2D eigenvalue weighted by molar-refractivity contribution is 6.01. The second kappa shape index (κ2) is 10.6. The largest absolute Gasteiger partial charge is 0.459 e. The molecule has 0 aliphatic carbocycles. The number of nitriles is 1. The number of carbonyl (C=O) groups excluding carboxylic acids is 3. The zero-order valence-corrected chi connectivity index (χ0v) is 19.7. The summed E-state index contributed by atoms with van der Waals surface area (Å²) in [4.78, 5) is 45.9. The molecule has 3 heterocycles. The van der Waals surface area contributed by atoms with E-state index < -0.39 is 18.7 Å². The summed E-state index contributed by atoms with van der Waals surface area (Å²) < 4.78 is 21.0. The molecule has 3 aromatic rings. The number of anilines is 2. The summed E-state index contributed by atoms with van der Waals surface area (Å²) in [5.41, 5.74) is 0.556. The molecule has 1 fully saturated rings. The number of benzene rings is 1. The van der Waals surface area contributed by atoms with Crippen molar-refractivity contribution in [2.24, 2.45) is 0 Å². The Labute approximate surface area is 206 Å². The average molecular weight is 493 g/mol. The third-order valence-corrected chi connectivity index (χ3v) is 5.63. The van der Waals surface area contributed by atoms with Gasteiger partial charge in [0.2, 0.25) is 11.6 Å². The third-order valence-electron chi connectivity index (χ3n) is 5.63. The van der Waals surface area contributed by atoms with Gasteiger partial charge >= 0.3 is 12.1 Å². The highest BCUT2D eigenvalue weighted by atomic mass is 16.5. The van der Waals surface area contributed by atoms with Crippen molar-refractivity contribution in [2.45, 2.75) is 0 Å². The lowest BCUT2D eigenvalue weighted by atomic mass is 10.1. The van der Waals surface area contributed by atoms with Crippen molar-refractivity contribution < 1.29 is 32.7 Å². The van der Waals surface area contributed by atoms with E-state index in [1.165, 1.54) is 31.4 Å². The molecule has 0 radical (unpaired) electrons. The topological polar surface area (TPSA) is 142 Å². The lowest BCUT2D eigenvalue weighted by Gasteiger charge is -2.34. The SMILES string of the molecule is COC(=O)N(C)c1ccccc1C(=O)OCC(=O)N1CCN(c2oc(-c3ccco3)nc2C#N)CC1. The fourth-order valence-electron chi connectivity index (χ4n) is 3.73.